The van der Waals surface area contributed by atoms with Crippen LogP contribution in [0.3, 0.4) is 0 Å². The van der Waals surface area contributed by atoms with E-state index in [2.05, 4.69) is 53.1 Å². The van der Waals surface area contributed by atoms with E-state index >= 15 is 0 Å². The summed E-state index contributed by atoms with van der Waals surface area (Å²) in [5, 5.41) is 4.36. The highest BCUT2D eigenvalue weighted by Gasteiger charge is 2.34. The quantitative estimate of drug-likeness (QED) is 0.608. The fourth-order valence-electron chi connectivity index (χ4n) is 4.28. The van der Waals surface area contributed by atoms with Crippen LogP contribution in [0.15, 0.2) is 42.9 Å². The molecule has 2 atom stereocenters. The third kappa shape index (κ3) is 4.36. The van der Waals surface area contributed by atoms with Gasteiger partial charge in [-0.05, 0) is 59.2 Å². The van der Waals surface area contributed by atoms with Gasteiger partial charge in [0.05, 0.1) is 6.20 Å². The molecule has 7 nitrogen and oxygen atoms in total. The van der Waals surface area contributed by atoms with Gasteiger partial charge in [0.1, 0.15) is 5.60 Å². The van der Waals surface area contributed by atoms with Gasteiger partial charge in [0, 0.05) is 54.4 Å². The van der Waals surface area contributed by atoms with E-state index < -0.39 is 5.60 Å². The smallest absolute Gasteiger partial charge is 0.410 e. The molecule has 0 N–H and O–H groups in total. The van der Waals surface area contributed by atoms with E-state index in [9.17, 15) is 4.79 Å². The van der Waals surface area contributed by atoms with Crippen LogP contribution in [-0.4, -0.2) is 56.4 Å². The average Bonchev–Trinajstić information content (AvgIpc) is 3.07. The Morgan fingerprint density at radius 1 is 1.03 bits per heavy atom. The maximum atomic E-state index is 12.5. The molecule has 0 saturated carbocycles. The number of carbonyl (C=O) groups is 1. The number of piperazine rings is 1. The molecule has 1 fully saturated rings. The molecule has 1 aliphatic heterocycles. The summed E-state index contributed by atoms with van der Waals surface area (Å²) in [5.41, 5.74) is 4.73. The van der Waals surface area contributed by atoms with Gasteiger partial charge in [-0.2, -0.15) is 5.10 Å². The maximum absolute atomic E-state index is 12.5. The van der Waals surface area contributed by atoms with Crippen LogP contribution in [0.25, 0.3) is 16.8 Å². The first-order chi connectivity index (χ1) is 14.6. The summed E-state index contributed by atoms with van der Waals surface area (Å²) in [7, 11) is 0. The van der Waals surface area contributed by atoms with E-state index in [1.165, 1.54) is 0 Å². The zero-order valence-electron chi connectivity index (χ0n) is 19.2. The normalized spacial score (nSPS) is 19.7. The highest BCUT2D eigenvalue weighted by molar-refractivity contribution is 5.70. The van der Waals surface area contributed by atoms with Crippen LogP contribution in [0.2, 0.25) is 0 Å². The lowest BCUT2D eigenvalue weighted by molar-refractivity contribution is 0.0193. The zero-order chi connectivity index (χ0) is 22.3. The predicted octanol–water partition coefficient (Wildman–Crippen LogP) is 4.54. The Morgan fingerprint density at radius 2 is 1.68 bits per heavy atom. The summed E-state index contributed by atoms with van der Waals surface area (Å²) in [5.74, 6) is 0. The van der Waals surface area contributed by atoms with Gasteiger partial charge < -0.3 is 14.5 Å². The van der Waals surface area contributed by atoms with Crippen molar-refractivity contribution in [2.45, 2.75) is 59.2 Å². The first-order valence-corrected chi connectivity index (χ1v) is 10.8. The molecule has 0 spiro atoms. The molecule has 2 unspecified atom stereocenters. The first kappa shape index (κ1) is 21.2. The van der Waals surface area contributed by atoms with Gasteiger partial charge >= 0.3 is 6.09 Å². The molecule has 0 bridgehead atoms. The molecule has 3 aromatic rings. The molecule has 2 aromatic heterocycles. The van der Waals surface area contributed by atoms with E-state index in [1.54, 1.807) is 0 Å². The largest absolute Gasteiger partial charge is 0.444 e. The van der Waals surface area contributed by atoms with Crippen molar-refractivity contribution in [1.29, 1.82) is 0 Å². The SMILES string of the molecule is Cc1cnn2cc(-c3ccc(N4C(C)CN(C(=O)OC(C)(C)C)CC4C)cc3)cnc12. The fraction of sp³-hybridized carbons (Fsp3) is 0.458. The monoisotopic (exact) mass is 421 g/mol. The Labute approximate surface area is 183 Å². The molecule has 1 aromatic carbocycles. The Hall–Kier alpha value is -3.09. The van der Waals surface area contributed by atoms with Crippen molar-refractivity contribution in [3.63, 3.8) is 0 Å². The Bertz CT molecular complexity index is 1070. The lowest BCUT2D eigenvalue weighted by atomic mass is 10.0. The van der Waals surface area contributed by atoms with E-state index in [4.69, 9.17) is 4.74 Å². The van der Waals surface area contributed by atoms with Gasteiger partial charge in [0.2, 0.25) is 0 Å². The van der Waals surface area contributed by atoms with Gasteiger partial charge in [-0.1, -0.05) is 12.1 Å². The van der Waals surface area contributed by atoms with Crippen LogP contribution >= 0.6 is 0 Å². The van der Waals surface area contributed by atoms with Crippen molar-refractivity contribution < 1.29 is 9.53 Å². The van der Waals surface area contributed by atoms with E-state index in [0.717, 1.165) is 28.0 Å². The van der Waals surface area contributed by atoms with Gasteiger partial charge in [-0.3, -0.25) is 0 Å². The number of hydrogen-bond donors (Lipinski definition) is 0. The second-order valence-corrected chi connectivity index (χ2v) is 9.48. The Kier molecular flexibility index (Phi) is 5.37. The lowest BCUT2D eigenvalue weighted by Gasteiger charge is -2.45. The standard InChI is InChI=1S/C24H31N5O2/c1-16-11-26-28-15-20(12-25-22(16)28)19-7-9-21(10-8-19)29-17(2)13-27(14-18(29)3)23(30)31-24(4,5)6/h7-12,15,17-18H,13-14H2,1-6H3. The molecule has 1 saturated heterocycles. The second kappa shape index (κ2) is 7.87. The number of aryl methyl sites for hydroxylation is 1. The van der Waals surface area contributed by atoms with Gasteiger partial charge in [0.25, 0.3) is 0 Å². The fourth-order valence-corrected chi connectivity index (χ4v) is 4.28. The molecule has 0 radical (unpaired) electrons. The molecule has 31 heavy (non-hydrogen) atoms. The topological polar surface area (TPSA) is 63.0 Å². The summed E-state index contributed by atoms with van der Waals surface area (Å²) in [4.78, 5) is 21.3. The van der Waals surface area contributed by atoms with E-state index in [-0.39, 0.29) is 18.2 Å². The molecule has 7 heteroatoms. The number of amides is 1. The number of anilines is 1. The molecular formula is C24H31N5O2. The molecule has 0 aliphatic carbocycles. The van der Waals surface area contributed by atoms with Crippen LogP contribution in [-0.2, 0) is 4.74 Å². The summed E-state index contributed by atoms with van der Waals surface area (Å²) >= 11 is 0. The van der Waals surface area contributed by atoms with Crippen molar-refractivity contribution in [3.05, 3.63) is 48.4 Å². The molecular weight excluding hydrogens is 390 g/mol. The Morgan fingerprint density at radius 3 is 2.29 bits per heavy atom. The Balaban J connectivity index is 1.50. The number of fused-ring (bicyclic) bond motifs is 1. The summed E-state index contributed by atoms with van der Waals surface area (Å²) in [6, 6.07) is 8.90. The third-order valence-electron chi connectivity index (χ3n) is 5.60. The number of ether oxygens (including phenoxy) is 1. The summed E-state index contributed by atoms with van der Waals surface area (Å²) in [6.07, 6.45) is 5.49. The van der Waals surface area contributed by atoms with Crippen LogP contribution in [0.4, 0.5) is 10.5 Å². The van der Waals surface area contributed by atoms with Crippen molar-refractivity contribution in [1.82, 2.24) is 19.5 Å². The van der Waals surface area contributed by atoms with Crippen molar-refractivity contribution in [3.8, 4) is 11.1 Å². The number of rotatable bonds is 2. The first-order valence-electron chi connectivity index (χ1n) is 10.8. The van der Waals surface area contributed by atoms with Crippen LogP contribution in [0.5, 0.6) is 0 Å². The van der Waals surface area contributed by atoms with Gasteiger partial charge in [-0.25, -0.2) is 14.3 Å². The minimum Gasteiger partial charge on any atom is -0.444 e. The number of nitrogens with zero attached hydrogens (tertiary/aromatic N) is 5. The number of benzene rings is 1. The minimum atomic E-state index is -0.483. The average molecular weight is 422 g/mol. The molecule has 164 valence electrons. The summed E-state index contributed by atoms with van der Waals surface area (Å²) in [6.45, 7) is 13.3. The lowest BCUT2D eigenvalue weighted by Crippen LogP contribution is -2.58. The minimum absolute atomic E-state index is 0.187. The van der Waals surface area contributed by atoms with Crippen LogP contribution in [0.1, 0.15) is 40.2 Å². The van der Waals surface area contributed by atoms with Crippen molar-refractivity contribution >= 4 is 17.4 Å². The summed E-state index contributed by atoms with van der Waals surface area (Å²) < 4.78 is 7.39. The van der Waals surface area contributed by atoms with Crippen molar-refractivity contribution in [2.75, 3.05) is 18.0 Å². The molecule has 1 aliphatic rings. The van der Waals surface area contributed by atoms with Gasteiger partial charge in [-0.15, -0.1) is 0 Å². The molecule has 4 rings (SSSR count). The van der Waals surface area contributed by atoms with Crippen molar-refractivity contribution in [2.24, 2.45) is 0 Å². The molecule has 3 heterocycles. The number of aromatic nitrogens is 3. The third-order valence-corrected chi connectivity index (χ3v) is 5.60. The number of carbonyl (C=O) groups excluding carboxylic acids is 1. The zero-order valence-corrected chi connectivity index (χ0v) is 19.2. The predicted molar refractivity (Wildman–Crippen MR) is 122 cm³/mol. The van der Waals surface area contributed by atoms with Gasteiger partial charge in [0.15, 0.2) is 5.65 Å². The van der Waals surface area contributed by atoms with Crippen LogP contribution < -0.4 is 4.90 Å². The highest BCUT2D eigenvalue weighted by atomic mass is 16.6. The van der Waals surface area contributed by atoms with Crippen LogP contribution in [0, 0.1) is 6.92 Å². The highest BCUT2D eigenvalue weighted by Crippen LogP contribution is 2.28. The molecule has 1 amide bonds. The van der Waals surface area contributed by atoms with E-state index in [0.29, 0.717) is 13.1 Å². The maximum Gasteiger partial charge on any atom is 0.410 e. The second-order valence-electron chi connectivity index (χ2n) is 9.48. The number of hydrogen-bond acceptors (Lipinski definition) is 5. The van der Waals surface area contributed by atoms with E-state index in [1.807, 2.05) is 55.7 Å².